The number of rotatable bonds is 0. The van der Waals surface area contributed by atoms with Gasteiger partial charge in [0.2, 0.25) is 0 Å². The van der Waals surface area contributed by atoms with Gasteiger partial charge < -0.3 is 0 Å². The van der Waals surface area contributed by atoms with Gasteiger partial charge in [0, 0.05) is 0 Å². The summed E-state index contributed by atoms with van der Waals surface area (Å²) in [5, 5.41) is 0. The van der Waals surface area contributed by atoms with Gasteiger partial charge in [-0.3, -0.25) is 0 Å². The minimum atomic E-state index is 0. The Morgan fingerprint density at radius 1 is 0.458 bits per heavy atom. The van der Waals surface area contributed by atoms with E-state index in [9.17, 15) is 0 Å². The zero-order valence-electron chi connectivity index (χ0n) is 19.6. The van der Waals surface area contributed by atoms with Crippen LogP contribution in [0.3, 0.4) is 0 Å². The normalized spacial score (nSPS) is 11.2. The fourth-order valence-electron chi connectivity index (χ4n) is 1.12. The molecule has 0 aliphatic heterocycles. The first-order chi connectivity index (χ1) is 9.44. The van der Waals surface area contributed by atoms with E-state index in [1.807, 2.05) is 27.7 Å². The van der Waals surface area contributed by atoms with Crippen molar-refractivity contribution in [3.8, 4) is 0 Å². The third-order valence-electron chi connectivity index (χ3n) is 5.48. The Hall–Kier alpha value is 0. The first-order valence-corrected chi connectivity index (χ1v) is 9.44. The van der Waals surface area contributed by atoms with Crippen LogP contribution < -0.4 is 0 Å². The Balaban J connectivity index is -0.0000000546. The molecule has 0 N–H and O–H groups in total. The summed E-state index contributed by atoms with van der Waals surface area (Å²) in [6, 6.07) is 0. The summed E-state index contributed by atoms with van der Waals surface area (Å²) in [6.07, 6.45) is 0. The molecule has 0 fully saturated rings. The fourth-order valence-corrected chi connectivity index (χ4v) is 1.12. The average molecular weight is 349 g/mol. The molecule has 0 spiro atoms. The van der Waals surface area contributed by atoms with E-state index in [1.54, 1.807) is 0 Å². The Morgan fingerprint density at radius 2 is 0.583 bits per heavy atom. The first-order valence-electron chi connectivity index (χ1n) is 9.44. The quantitative estimate of drug-likeness (QED) is 0.408. The van der Waals surface area contributed by atoms with Gasteiger partial charge in [0.25, 0.3) is 0 Å². The summed E-state index contributed by atoms with van der Waals surface area (Å²) in [4.78, 5) is 0. The molecule has 0 aliphatic carbocycles. The van der Waals surface area contributed by atoms with Crippen LogP contribution in [0, 0.1) is 27.6 Å². The largest absolute Gasteiger partial charge is 0.0776 e. The highest BCUT2D eigenvalue weighted by Crippen LogP contribution is 2.50. The summed E-state index contributed by atoms with van der Waals surface area (Å²) in [7, 11) is 0. The van der Waals surface area contributed by atoms with Crippen LogP contribution in [0.5, 0.6) is 0 Å². The summed E-state index contributed by atoms with van der Waals surface area (Å²) >= 11 is 0. The van der Waals surface area contributed by atoms with Crippen LogP contribution in [0.25, 0.3) is 0 Å². The zero-order chi connectivity index (χ0) is 19.6. The lowest BCUT2D eigenvalue weighted by atomic mass is 9.56. The van der Waals surface area contributed by atoms with Crippen molar-refractivity contribution in [3.63, 3.8) is 0 Å². The van der Waals surface area contributed by atoms with E-state index in [-0.39, 0.29) is 14.9 Å². The highest BCUT2D eigenvalue weighted by molar-refractivity contribution is 4.91. The molecule has 0 aliphatic rings. The zero-order valence-corrected chi connectivity index (χ0v) is 19.6. The van der Waals surface area contributed by atoms with Crippen LogP contribution in [0.15, 0.2) is 0 Å². The van der Waals surface area contributed by atoms with Gasteiger partial charge in [0.1, 0.15) is 0 Å². The van der Waals surface area contributed by atoms with Gasteiger partial charge >= 0.3 is 0 Å². The lowest BCUT2D eigenvalue weighted by Crippen LogP contribution is -2.41. The second-order valence-electron chi connectivity index (χ2n) is 9.65. The van der Waals surface area contributed by atoms with Gasteiger partial charge in [-0.2, -0.15) is 0 Å². The van der Waals surface area contributed by atoms with Crippen molar-refractivity contribution in [3.05, 3.63) is 0 Å². The van der Waals surface area contributed by atoms with Crippen LogP contribution in [0.2, 0.25) is 0 Å². The number of hydrogen-bond acceptors (Lipinski definition) is 0. The maximum Gasteiger partial charge on any atom is -0.0257 e. The Morgan fingerprint density at radius 3 is 0.583 bits per heavy atom. The van der Waals surface area contributed by atoms with E-state index in [1.165, 1.54) is 0 Å². The highest BCUT2D eigenvalue weighted by Gasteiger charge is 2.42. The molecule has 0 aromatic carbocycles. The van der Waals surface area contributed by atoms with E-state index < -0.39 is 0 Å². The van der Waals surface area contributed by atoms with Gasteiger partial charge in [-0.05, 0) is 27.6 Å². The summed E-state index contributed by atoms with van der Waals surface area (Å²) in [5.41, 5.74) is 1.64. The fraction of sp³-hybridized carbons (Fsp3) is 1.00. The van der Waals surface area contributed by atoms with Crippen molar-refractivity contribution < 1.29 is 0 Å². The molecule has 0 saturated carbocycles. The van der Waals surface area contributed by atoms with E-state index in [2.05, 4.69) is 90.0 Å². The molecular formula is C24H60. The maximum atomic E-state index is 2.35. The molecule has 0 radical (unpaired) electrons. The molecule has 0 amide bonds. The van der Waals surface area contributed by atoms with Gasteiger partial charge in [0.05, 0.1) is 0 Å². The van der Waals surface area contributed by atoms with Crippen molar-refractivity contribution in [1.29, 1.82) is 0 Å². The van der Waals surface area contributed by atoms with Crippen molar-refractivity contribution in [2.24, 2.45) is 27.6 Å². The summed E-state index contributed by atoms with van der Waals surface area (Å²) in [6.45, 7) is 37.9. The Bertz CT molecular complexity index is 206. The van der Waals surface area contributed by atoms with Gasteiger partial charge in [0.15, 0.2) is 0 Å². The molecular weight excluding hydrogens is 288 g/mol. The van der Waals surface area contributed by atoms with Crippen molar-refractivity contribution in [1.82, 2.24) is 0 Å². The summed E-state index contributed by atoms with van der Waals surface area (Å²) < 4.78 is 0. The second kappa shape index (κ2) is 15.3. The molecule has 0 heterocycles. The topological polar surface area (TPSA) is 0 Å². The molecule has 156 valence electrons. The van der Waals surface area contributed by atoms with Crippen molar-refractivity contribution in [2.45, 2.75) is 133 Å². The Kier molecular flexibility index (Phi) is 24.9. The minimum Gasteiger partial charge on any atom is -0.0776 e. The smallest absolute Gasteiger partial charge is 0.0257 e. The molecule has 0 aromatic heterocycles. The first kappa shape index (κ1) is 39.2. The van der Waals surface area contributed by atoms with Crippen molar-refractivity contribution >= 4 is 0 Å². The lowest BCUT2D eigenvalue weighted by Gasteiger charge is -2.49. The lowest BCUT2D eigenvalue weighted by molar-refractivity contribution is 0.00575. The molecule has 0 nitrogen and oxygen atoms in total. The number of hydrogen-bond donors (Lipinski definition) is 0. The van der Waals surface area contributed by atoms with Crippen LogP contribution in [-0.4, -0.2) is 0 Å². The van der Waals surface area contributed by atoms with E-state index in [0.717, 1.165) is 5.92 Å². The van der Waals surface area contributed by atoms with Crippen LogP contribution >= 0.6 is 0 Å². The average Bonchev–Trinajstić information content (AvgIpc) is 2.31. The van der Waals surface area contributed by atoms with Crippen LogP contribution in [-0.2, 0) is 0 Å². The van der Waals surface area contributed by atoms with E-state index >= 15 is 0 Å². The third-order valence-corrected chi connectivity index (χ3v) is 5.48. The molecule has 0 aromatic rings. The minimum absolute atomic E-state index is 0. The maximum absolute atomic E-state index is 2.35. The van der Waals surface area contributed by atoms with Crippen LogP contribution in [0.1, 0.15) is 133 Å². The van der Waals surface area contributed by atoms with Gasteiger partial charge in [-0.1, -0.05) is 133 Å². The van der Waals surface area contributed by atoms with Gasteiger partial charge in [-0.15, -0.1) is 0 Å². The van der Waals surface area contributed by atoms with Crippen molar-refractivity contribution in [2.75, 3.05) is 0 Å². The Labute approximate surface area is 160 Å². The standard InChI is InChI=1S/C11H24.C7H16.2C2H6.2CH4/c1-9(2,3)11(7,8)10(4,5)6;1-6(2)7(3,4)5;2*1-2;;/h1-8H3;6H,1-5H3;2*1-2H3;2*1H4. The van der Waals surface area contributed by atoms with Crippen LogP contribution in [0.4, 0.5) is 0 Å². The molecule has 0 heteroatoms. The molecule has 0 unspecified atom stereocenters. The molecule has 0 saturated heterocycles. The third kappa shape index (κ3) is 16.8. The summed E-state index contributed by atoms with van der Waals surface area (Å²) in [5.74, 6) is 0.799. The molecule has 0 atom stereocenters. The molecule has 0 bridgehead atoms. The van der Waals surface area contributed by atoms with E-state index in [4.69, 9.17) is 0 Å². The molecule has 24 heavy (non-hydrogen) atoms. The predicted octanol–water partition coefficient (Wildman–Crippen LogP) is 10.1. The monoisotopic (exact) mass is 348 g/mol. The second-order valence-corrected chi connectivity index (χ2v) is 9.65. The predicted molar refractivity (Wildman–Crippen MR) is 123 cm³/mol. The highest BCUT2D eigenvalue weighted by atomic mass is 14.5. The van der Waals surface area contributed by atoms with E-state index in [0.29, 0.717) is 21.7 Å². The van der Waals surface area contributed by atoms with Gasteiger partial charge in [-0.25, -0.2) is 0 Å². The molecule has 0 rings (SSSR count). The SMILES string of the molecule is C.C.CC.CC.CC(C)(C)C(C)(C)C(C)(C)C.CC(C)C(C)(C)C.